The van der Waals surface area contributed by atoms with Gasteiger partial charge in [-0.2, -0.15) is 0 Å². The number of carbonyl (C=O) groups is 2. The number of piperidine rings is 1. The maximum atomic E-state index is 13.6. The van der Waals surface area contributed by atoms with Gasteiger partial charge in [0.25, 0.3) is 5.91 Å². The van der Waals surface area contributed by atoms with Crippen molar-refractivity contribution in [3.63, 3.8) is 0 Å². The zero-order valence-electron chi connectivity index (χ0n) is 19.3. The Hall–Kier alpha value is -3.47. The van der Waals surface area contributed by atoms with Gasteiger partial charge in [-0.1, -0.05) is 42.0 Å². The first-order valence-corrected chi connectivity index (χ1v) is 11.9. The van der Waals surface area contributed by atoms with E-state index in [0.29, 0.717) is 36.7 Å². The quantitative estimate of drug-likeness (QED) is 0.533. The number of likely N-dealkylation sites (tertiary alicyclic amines) is 1. The Bertz CT molecular complexity index is 1150. The first-order chi connectivity index (χ1) is 16.5. The molecule has 0 N–H and O–H groups in total. The van der Waals surface area contributed by atoms with Crippen molar-refractivity contribution in [2.45, 2.75) is 32.1 Å². The zero-order chi connectivity index (χ0) is 23.7. The van der Waals surface area contributed by atoms with Gasteiger partial charge in [-0.15, -0.1) is 0 Å². The molecule has 34 heavy (non-hydrogen) atoms. The summed E-state index contributed by atoms with van der Waals surface area (Å²) < 4.78 is 19.1. The van der Waals surface area contributed by atoms with Crippen LogP contribution in [0.15, 0.2) is 66.7 Å². The van der Waals surface area contributed by atoms with Crippen molar-refractivity contribution in [2.75, 3.05) is 19.7 Å². The van der Waals surface area contributed by atoms with Crippen LogP contribution in [-0.2, 0) is 11.2 Å². The second-order valence-electron chi connectivity index (χ2n) is 9.40. The second kappa shape index (κ2) is 9.41. The molecule has 1 saturated heterocycles. The highest BCUT2D eigenvalue weighted by atomic mass is 19.1. The Labute approximate surface area is 199 Å². The first kappa shape index (κ1) is 22.3. The molecular formula is C29H28FNO3. The van der Waals surface area contributed by atoms with E-state index in [2.05, 4.69) is 31.2 Å². The fraction of sp³-hybridized carbons (Fsp3) is 0.310. The summed E-state index contributed by atoms with van der Waals surface area (Å²) in [6, 6.07) is 20.8. The number of ether oxygens (including phenoxy) is 1. The first-order valence-electron chi connectivity index (χ1n) is 11.9. The maximum absolute atomic E-state index is 13.6. The van der Waals surface area contributed by atoms with Crippen LogP contribution in [0.4, 0.5) is 4.39 Å². The van der Waals surface area contributed by atoms with Crippen LogP contribution in [0.1, 0.15) is 51.4 Å². The molecule has 3 aromatic rings. The molecule has 2 aliphatic rings. The van der Waals surface area contributed by atoms with Crippen molar-refractivity contribution in [1.29, 1.82) is 0 Å². The minimum atomic E-state index is -0.232. The lowest BCUT2D eigenvalue weighted by molar-refractivity contribution is -0.121. The number of aryl methyl sites for hydroxylation is 1. The lowest BCUT2D eigenvalue weighted by atomic mass is 9.76. The molecule has 2 aliphatic heterocycles. The third-order valence-corrected chi connectivity index (χ3v) is 7.05. The number of amides is 1. The molecule has 2 heterocycles. The lowest BCUT2D eigenvalue weighted by Gasteiger charge is -2.37. The van der Waals surface area contributed by atoms with Crippen molar-refractivity contribution >= 4 is 11.7 Å². The standard InChI is InChI=1S/C29H28FNO3/c1-19-2-4-20(5-3-19)28(21-6-9-25(30)10-7-21)22-12-14-31(15-13-22)29(33)23-8-11-27-24(16-23)17-26(32)18-34-27/h2-11,16,22,28H,12-15,17-18H2,1H3/t28-/m0/s1. The number of benzene rings is 3. The summed E-state index contributed by atoms with van der Waals surface area (Å²) in [5.41, 5.74) is 4.92. The van der Waals surface area contributed by atoms with Gasteiger partial charge in [0.1, 0.15) is 18.2 Å². The number of carbonyl (C=O) groups excluding carboxylic acids is 2. The molecular weight excluding hydrogens is 429 g/mol. The van der Waals surface area contributed by atoms with Crippen LogP contribution in [0.25, 0.3) is 0 Å². The molecule has 0 spiro atoms. The summed E-state index contributed by atoms with van der Waals surface area (Å²) in [5.74, 6) is 0.991. The third kappa shape index (κ3) is 4.60. The summed E-state index contributed by atoms with van der Waals surface area (Å²) in [6.45, 7) is 3.51. The normalized spacial score (nSPS) is 17.1. The summed E-state index contributed by atoms with van der Waals surface area (Å²) in [4.78, 5) is 26.9. The van der Waals surface area contributed by atoms with Crippen molar-refractivity contribution < 1.29 is 18.7 Å². The zero-order valence-corrected chi connectivity index (χ0v) is 19.3. The predicted octanol–water partition coefficient (Wildman–Crippen LogP) is 5.32. The topological polar surface area (TPSA) is 46.6 Å². The van der Waals surface area contributed by atoms with E-state index >= 15 is 0 Å². The van der Waals surface area contributed by atoms with Crippen LogP contribution in [-0.4, -0.2) is 36.3 Å². The van der Waals surface area contributed by atoms with E-state index < -0.39 is 0 Å². The maximum Gasteiger partial charge on any atom is 0.253 e. The smallest absolute Gasteiger partial charge is 0.253 e. The van der Waals surface area contributed by atoms with Gasteiger partial charge in [0.2, 0.25) is 0 Å². The highest BCUT2D eigenvalue weighted by molar-refractivity contribution is 5.95. The number of Topliss-reactive ketones (excluding diaryl/α,β-unsaturated/α-hetero) is 1. The van der Waals surface area contributed by atoms with Gasteiger partial charge < -0.3 is 9.64 Å². The molecule has 4 nitrogen and oxygen atoms in total. The number of rotatable bonds is 4. The Morgan fingerprint density at radius 2 is 1.62 bits per heavy atom. The largest absolute Gasteiger partial charge is 0.486 e. The van der Waals surface area contributed by atoms with Crippen LogP contribution >= 0.6 is 0 Å². The molecule has 1 amide bonds. The van der Waals surface area contributed by atoms with Crippen molar-refractivity contribution in [3.8, 4) is 5.75 Å². The summed E-state index contributed by atoms with van der Waals surface area (Å²) in [5, 5.41) is 0. The molecule has 5 heteroatoms. The van der Waals surface area contributed by atoms with Crippen LogP contribution in [0.5, 0.6) is 5.75 Å². The molecule has 0 radical (unpaired) electrons. The molecule has 0 aromatic heterocycles. The third-order valence-electron chi connectivity index (χ3n) is 7.05. The Kier molecular flexibility index (Phi) is 6.18. The Balaban J connectivity index is 1.33. The SMILES string of the molecule is Cc1ccc([C@@H](c2ccc(F)cc2)C2CCN(C(=O)c3ccc4c(c3)CC(=O)CO4)CC2)cc1. The summed E-state index contributed by atoms with van der Waals surface area (Å²) in [6.07, 6.45) is 2.05. The Morgan fingerprint density at radius 3 is 2.29 bits per heavy atom. The van der Waals surface area contributed by atoms with Crippen LogP contribution in [0.3, 0.4) is 0 Å². The van der Waals surface area contributed by atoms with Crippen LogP contribution in [0.2, 0.25) is 0 Å². The van der Waals surface area contributed by atoms with Gasteiger partial charge in [-0.05, 0) is 67.1 Å². The predicted molar refractivity (Wildman–Crippen MR) is 129 cm³/mol. The summed E-state index contributed by atoms with van der Waals surface area (Å²) >= 11 is 0. The highest BCUT2D eigenvalue weighted by Gasteiger charge is 2.31. The molecule has 0 bridgehead atoms. The molecule has 0 unspecified atom stereocenters. The lowest BCUT2D eigenvalue weighted by Crippen LogP contribution is -2.40. The Morgan fingerprint density at radius 1 is 0.971 bits per heavy atom. The van der Waals surface area contributed by atoms with E-state index in [1.54, 1.807) is 18.2 Å². The van der Waals surface area contributed by atoms with Gasteiger partial charge in [0.05, 0.1) is 0 Å². The van der Waals surface area contributed by atoms with Crippen molar-refractivity contribution in [2.24, 2.45) is 5.92 Å². The van der Waals surface area contributed by atoms with E-state index in [1.165, 1.54) is 23.3 Å². The van der Waals surface area contributed by atoms with Crippen molar-refractivity contribution in [1.82, 2.24) is 4.90 Å². The molecule has 0 aliphatic carbocycles. The fourth-order valence-corrected chi connectivity index (χ4v) is 5.21. The monoisotopic (exact) mass is 457 g/mol. The number of hydrogen-bond donors (Lipinski definition) is 0. The fourth-order valence-electron chi connectivity index (χ4n) is 5.21. The van der Waals surface area contributed by atoms with Crippen LogP contribution < -0.4 is 4.74 Å². The molecule has 1 fully saturated rings. The molecule has 1 atom stereocenters. The molecule has 3 aromatic carbocycles. The number of halogens is 1. The van der Waals surface area contributed by atoms with Gasteiger partial charge in [-0.3, -0.25) is 9.59 Å². The van der Waals surface area contributed by atoms with E-state index in [4.69, 9.17) is 4.74 Å². The van der Waals surface area contributed by atoms with Gasteiger partial charge in [0.15, 0.2) is 5.78 Å². The van der Waals surface area contributed by atoms with E-state index in [1.807, 2.05) is 17.0 Å². The average molecular weight is 458 g/mol. The van der Waals surface area contributed by atoms with E-state index in [0.717, 1.165) is 24.0 Å². The van der Waals surface area contributed by atoms with Gasteiger partial charge in [-0.25, -0.2) is 4.39 Å². The van der Waals surface area contributed by atoms with E-state index in [9.17, 15) is 14.0 Å². The average Bonchev–Trinajstić information content (AvgIpc) is 2.86. The second-order valence-corrected chi connectivity index (χ2v) is 9.40. The summed E-state index contributed by atoms with van der Waals surface area (Å²) in [7, 11) is 0. The molecule has 174 valence electrons. The van der Waals surface area contributed by atoms with Gasteiger partial charge in [0, 0.05) is 36.6 Å². The molecule has 0 saturated carbocycles. The number of hydrogen-bond acceptors (Lipinski definition) is 3. The molecule has 5 rings (SSSR count). The number of fused-ring (bicyclic) bond motifs is 1. The van der Waals surface area contributed by atoms with Gasteiger partial charge >= 0.3 is 0 Å². The van der Waals surface area contributed by atoms with Crippen molar-refractivity contribution in [3.05, 3.63) is 100 Å². The number of ketones is 1. The minimum absolute atomic E-state index is 0.00654. The van der Waals surface area contributed by atoms with E-state index in [-0.39, 0.29) is 30.0 Å². The minimum Gasteiger partial charge on any atom is -0.486 e. The highest BCUT2D eigenvalue weighted by Crippen LogP contribution is 2.38. The van der Waals surface area contributed by atoms with Crippen LogP contribution in [0, 0.1) is 18.7 Å². The number of nitrogens with zero attached hydrogens (tertiary/aromatic N) is 1.